The van der Waals surface area contributed by atoms with Crippen molar-refractivity contribution in [2.45, 2.75) is 36.5 Å². The molecule has 1 heterocycles. The highest BCUT2D eigenvalue weighted by Gasteiger charge is 2.23. The molecule has 1 saturated heterocycles. The number of carbonyl (C=O) groups excluding carboxylic acids is 2. The van der Waals surface area contributed by atoms with E-state index in [2.05, 4.69) is 10.0 Å². The SMILES string of the molecule is CSc1ccc(S(=O)(=O)Nc2cccc(N3CCCC3=O)c2)cc1NC(=O)C(C)C. The highest BCUT2D eigenvalue weighted by molar-refractivity contribution is 7.98. The van der Waals surface area contributed by atoms with Crippen molar-refractivity contribution in [2.24, 2.45) is 5.92 Å². The predicted molar refractivity (Wildman–Crippen MR) is 121 cm³/mol. The van der Waals surface area contributed by atoms with Crippen molar-refractivity contribution in [3.63, 3.8) is 0 Å². The van der Waals surface area contributed by atoms with Crippen LogP contribution in [0, 0.1) is 5.92 Å². The Balaban J connectivity index is 1.87. The van der Waals surface area contributed by atoms with Gasteiger partial charge in [0.1, 0.15) is 0 Å². The number of sulfonamides is 1. The van der Waals surface area contributed by atoms with Crippen molar-refractivity contribution in [1.82, 2.24) is 0 Å². The summed E-state index contributed by atoms with van der Waals surface area (Å²) in [4.78, 5) is 26.6. The number of rotatable bonds is 7. The third-order valence-corrected chi connectivity index (χ3v) is 6.92. The van der Waals surface area contributed by atoms with Crippen molar-refractivity contribution >= 4 is 50.7 Å². The van der Waals surface area contributed by atoms with Crippen LogP contribution in [-0.4, -0.2) is 33.0 Å². The summed E-state index contributed by atoms with van der Waals surface area (Å²) in [5.41, 5.74) is 1.50. The Hall–Kier alpha value is -2.52. The van der Waals surface area contributed by atoms with Crippen molar-refractivity contribution in [3.05, 3.63) is 42.5 Å². The van der Waals surface area contributed by atoms with Crippen LogP contribution < -0.4 is 14.9 Å². The molecular weight excluding hydrogens is 422 g/mol. The Morgan fingerprint density at radius 3 is 2.57 bits per heavy atom. The molecule has 7 nitrogen and oxygen atoms in total. The minimum absolute atomic E-state index is 0.0354. The molecule has 0 spiro atoms. The number of nitrogens with zero attached hydrogens (tertiary/aromatic N) is 1. The third-order valence-electron chi connectivity index (χ3n) is 4.75. The number of thioether (sulfide) groups is 1. The lowest BCUT2D eigenvalue weighted by Crippen LogP contribution is -2.23. The van der Waals surface area contributed by atoms with E-state index in [0.717, 1.165) is 11.3 Å². The molecule has 0 unspecified atom stereocenters. The minimum Gasteiger partial charge on any atom is -0.325 e. The minimum atomic E-state index is -3.88. The monoisotopic (exact) mass is 447 g/mol. The fourth-order valence-corrected chi connectivity index (χ4v) is 4.71. The summed E-state index contributed by atoms with van der Waals surface area (Å²) in [6.45, 7) is 4.17. The first kappa shape index (κ1) is 22.2. The van der Waals surface area contributed by atoms with Gasteiger partial charge in [0, 0.05) is 29.5 Å². The number of hydrogen-bond acceptors (Lipinski definition) is 5. The van der Waals surface area contributed by atoms with E-state index in [0.29, 0.717) is 30.0 Å². The number of amides is 2. The summed E-state index contributed by atoms with van der Waals surface area (Å²) in [7, 11) is -3.88. The zero-order valence-electron chi connectivity index (χ0n) is 17.1. The first-order chi connectivity index (χ1) is 14.2. The topological polar surface area (TPSA) is 95.6 Å². The molecule has 0 atom stereocenters. The second kappa shape index (κ2) is 9.09. The zero-order valence-corrected chi connectivity index (χ0v) is 18.8. The van der Waals surface area contributed by atoms with Crippen LogP contribution in [0.2, 0.25) is 0 Å². The van der Waals surface area contributed by atoms with Gasteiger partial charge >= 0.3 is 0 Å². The van der Waals surface area contributed by atoms with Crippen molar-refractivity contribution in [2.75, 3.05) is 27.7 Å². The maximum absolute atomic E-state index is 13.0. The third kappa shape index (κ3) is 4.96. The van der Waals surface area contributed by atoms with Gasteiger partial charge in [-0.15, -0.1) is 11.8 Å². The van der Waals surface area contributed by atoms with E-state index in [-0.39, 0.29) is 22.6 Å². The number of carbonyl (C=O) groups is 2. The molecule has 1 aliphatic rings. The van der Waals surface area contributed by atoms with Crippen molar-refractivity contribution in [1.29, 1.82) is 0 Å². The fraction of sp³-hybridized carbons (Fsp3) is 0.333. The number of benzene rings is 2. The smallest absolute Gasteiger partial charge is 0.261 e. The summed E-state index contributed by atoms with van der Waals surface area (Å²) < 4.78 is 28.5. The van der Waals surface area contributed by atoms with Gasteiger partial charge in [-0.05, 0) is 49.1 Å². The van der Waals surface area contributed by atoms with Gasteiger partial charge < -0.3 is 10.2 Å². The van der Waals surface area contributed by atoms with Crippen LogP contribution in [0.15, 0.2) is 52.3 Å². The Morgan fingerprint density at radius 1 is 1.17 bits per heavy atom. The van der Waals surface area contributed by atoms with Gasteiger partial charge in [-0.2, -0.15) is 0 Å². The van der Waals surface area contributed by atoms with Crippen LogP contribution in [-0.2, 0) is 19.6 Å². The molecule has 0 aromatic heterocycles. The van der Waals surface area contributed by atoms with E-state index in [4.69, 9.17) is 0 Å². The van der Waals surface area contributed by atoms with Crippen LogP contribution in [0.5, 0.6) is 0 Å². The fourth-order valence-electron chi connectivity index (χ4n) is 3.10. The second-order valence-corrected chi connectivity index (χ2v) is 9.84. The molecule has 2 aromatic carbocycles. The normalized spacial score (nSPS) is 14.3. The largest absolute Gasteiger partial charge is 0.325 e. The summed E-state index contributed by atoms with van der Waals surface area (Å²) in [5.74, 6) is -0.377. The lowest BCUT2D eigenvalue weighted by molar-refractivity contribution is -0.119. The van der Waals surface area contributed by atoms with Gasteiger partial charge in [0.15, 0.2) is 0 Å². The standard InChI is InChI=1S/C21H25N3O4S2/c1-14(2)21(26)22-18-13-17(9-10-19(18)29-3)30(27,28)23-15-6-4-7-16(12-15)24-11-5-8-20(24)25/h4,6-7,9-10,12-14,23H,5,8,11H2,1-3H3,(H,22,26). The highest BCUT2D eigenvalue weighted by atomic mass is 32.2. The zero-order chi connectivity index (χ0) is 21.9. The molecule has 1 fully saturated rings. The van der Waals surface area contributed by atoms with Gasteiger partial charge in [0.25, 0.3) is 10.0 Å². The molecule has 0 aliphatic carbocycles. The molecule has 9 heteroatoms. The molecule has 2 amide bonds. The molecule has 2 aromatic rings. The van der Waals surface area contributed by atoms with Gasteiger partial charge in [0.05, 0.1) is 16.3 Å². The number of hydrogen-bond donors (Lipinski definition) is 2. The lowest BCUT2D eigenvalue weighted by atomic mass is 10.2. The quantitative estimate of drug-likeness (QED) is 0.627. The molecule has 0 radical (unpaired) electrons. The van der Waals surface area contributed by atoms with E-state index in [1.54, 1.807) is 49.1 Å². The highest BCUT2D eigenvalue weighted by Crippen LogP contribution is 2.30. The van der Waals surface area contributed by atoms with E-state index in [1.165, 1.54) is 23.9 Å². The second-order valence-electron chi connectivity index (χ2n) is 7.31. The molecule has 3 rings (SSSR count). The van der Waals surface area contributed by atoms with Crippen LogP contribution in [0.25, 0.3) is 0 Å². The van der Waals surface area contributed by atoms with Crippen LogP contribution in [0.1, 0.15) is 26.7 Å². The van der Waals surface area contributed by atoms with Crippen LogP contribution in [0.4, 0.5) is 17.1 Å². The number of nitrogens with one attached hydrogen (secondary N) is 2. The van der Waals surface area contributed by atoms with Crippen molar-refractivity contribution in [3.8, 4) is 0 Å². The average Bonchev–Trinajstić information content (AvgIpc) is 3.13. The maximum atomic E-state index is 13.0. The Kier molecular flexibility index (Phi) is 6.72. The molecule has 1 aliphatic heterocycles. The molecule has 0 saturated carbocycles. The van der Waals surface area contributed by atoms with E-state index in [9.17, 15) is 18.0 Å². The van der Waals surface area contributed by atoms with Gasteiger partial charge in [-0.25, -0.2) is 8.42 Å². The van der Waals surface area contributed by atoms with Crippen molar-refractivity contribution < 1.29 is 18.0 Å². The lowest BCUT2D eigenvalue weighted by Gasteiger charge is -2.17. The first-order valence-electron chi connectivity index (χ1n) is 9.63. The van der Waals surface area contributed by atoms with Crippen LogP contribution >= 0.6 is 11.8 Å². The van der Waals surface area contributed by atoms with Crippen LogP contribution in [0.3, 0.4) is 0 Å². The molecule has 0 bridgehead atoms. The molecule has 2 N–H and O–H groups in total. The van der Waals surface area contributed by atoms with Gasteiger partial charge in [-0.1, -0.05) is 19.9 Å². The summed E-state index contributed by atoms with van der Waals surface area (Å²) >= 11 is 1.42. The summed E-state index contributed by atoms with van der Waals surface area (Å²) in [5, 5.41) is 2.79. The van der Waals surface area contributed by atoms with E-state index >= 15 is 0 Å². The van der Waals surface area contributed by atoms with E-state index < -0.39 is 10.0 Å². The predicted octanol–water partition coefficient (Wildman–Crippen LogP) is 3.93. The molecule has 160 valence electrons. The van der Waals surface area contributed by atoms with Gasteiger partial charge in [0.2, 0.25) is 11.8 Å². The summed E-state index contributed by atoms with van der Waals surface area (Å²) in [6.07, 6.45) is 3.15. The maximum Gasteiger partial charge on any atom is 0.261 e. The Labute approximate surface area is 181 Å². The Morgan fingerprint density at radius 2 is 1.93 bits per heavy atom. The first-order valence-corrected chi connectivity index (χ1v) is 12.3. The average molecular weight is 448 g/mol. The van der Waals surface area contributed by atoms with Gasteiger partial charge in [-0.3, -0.25) is 14.3 Å². The van der Waals surface area contributed by atoms with E-state index in [1.807, 2.05) is 6.26 Å². The number of anilines is 3. The Bertz CT molecular complexity index is 1070. The molecular formula is C21H25N3O4S2. The molecule has 30 heavy (non-hydrogen) atoms. The summed E-state index contributed by atoms with van der Waals surface area (Å²) in [6, 6.07) is 11.4.